The fourth-order valence-corrected chi connectivity index (χ4v) is 5.52. The molecule has 0 rings (SSSR count). The van der Waals surface area contributed by atoms with Crippen molar-refractivity contribution in [2.45, 2.75) is 27.7 Å². The lowest BCUT2D eigenvalue weighted by Gasteiger charge is -2.27. The minimum absolute atomic E-state index is 0.663. The first-order valence-electron chi connectivity index (χ1n) is 5.24. The summed E-state index contributed by atoms with van der Waals surface area (Å²) < 4.78 is 17.1. The molecule has 0 fully saturated rings. The molecule has 0 amide bonds. The highest BCUT2D eigenvalue weighted by molar-refractivity contribution is 8.00. The first-order valence-corrected chi connectivity index (χ1v) is 8.32. The molecule has 0 heterocycles. The SMILES string of the molecule is CCO[Si](CSCC)(OCC)OCC. The Labute approximate surface area is 92.9 Å². The summed E-state index contributed by atoms with van der Waals surface area (Å²) in [5, 5.41) is 0.860. The van der Waals surface area contributed by atoms with Crippen LogP contribution in [0.15, 0.2) is 0 Å². The molecule has 0 aliphatic heterocycles. The van der Waals surface area contributed by atoms with Crippen molar-refractivity contribution in [2.75, 3.05) is 30.9 Å². The second kappa shape index (κ2) is 8.73. The first-order chi connectivity index (χ1) is 6.74. The quantitative estimate of drug-likeness (QED) is 0.576. The summed E-state index contributed by atoms with van der Waals surface area (Å²) in [6, 6.07) is 0. The Morgan fingerprint density at radius 3 is 1.57 bits per heavy atom. The normalized spacial score (nSPS) is 12.0. The third-order valence-corrected chi connectivity index (χ3v) is 6.40. The smallest absolute Gasteiger partial charge is 0.373 e. The van der Waals surface area contributed by atoms with E-state index in [4.69, 9.17) is 13.3 Å². The Bertz CT molecular complexity index is 118. The predicted molar refractivity (Wildman–Crippen MR) is 63.6 cm³/mol. The van der Waals surface area contributed by atoms with Gasteiger partial charge < -0.3 is 13.3 Å². The number of hydrogen-bond acceptors (Lipinski definition) is 4. The van der Waals surface area contributed by atoms with E-state index in [0.29, 0.717) is 19.8 Å². The van der Waals surface area contributed by atoms with E-state index in [1.54, 1.807) is 0 Å². The highest BCUT2D eigenvalue weighted by Crippen LogP contribution is 2.16. The topological polar surface area (TPSA) is 27.7 Å². The van der Waals surface area contributed by atoms with Crippen molar-refractivity contribution in [2.24, 2.45) is 0 Å². The summed E-state index contributed by atoms with van der Waals surface area (Å²) in [6.45, 7) is 10.1. The molecule has 0 aliphatic carbocycles. The van der Waals surface area contributed by atoms with Gasteiger partial charge in [-0.05, 0) is 26.5 Å². The molecular weight excluding hydrogens is 216 g/mol. The zero-order valence-corrected chi connectivity index (χ0v) is 11.5. The Morgan fingerprint density at radius 2 is 1.29 bits per heavy atom. The van der Waals surface area contributed by atoms with Gasteiger partial charge >= 0.3 is 8.80 Å². The molecule has 0 aliphatic rings. The van der Waals surface area contributed by atoms with Crippen molar-refractivity contribution in [1.29, 1.82) is 0 Å². The Morgan fingerprint density at radius 1 is 0.857 bits per heavy atom. The number of thioether (sulfide) groups is 1. The standard InChI is InChI=1S/C9H22O3SSi/c1-5-10-14(11-6-2,12-7-3)9-13-8-4/h5-9H2,1-4H3. The monoisotopic (exact) mass is 238 g/mol. The molecule has 0 atom stereocenters. The largest absolute Gasteiger partial charge is 0.511 e. The number of hydrogen-bond donors (Lipinski definition) is 0. The lowest BCUT2D eigenvalue weighted by atomic mass is 10.9. The minimum atomic E-state index is -2.35. The van der Waals surface area contributed by atoms with Crippen LogP contribution in [0.25, 0.3) is 0 Å². The van der Waals surface area contributed by atoms with E-state index in [9.17, 15) is 0 Å². The second-order valence-corrected chi connectivity index (χ2v) is 6.99. The molecule has 86 valence electrons. The average Bonchev–Trinajstić information content (AvgIpc) is 2.16. The Hall–Kier alpha value is 0.447. The third-order valence-electron chi connectivity index (χ3n) is 1.58. The van der Waals surface area contributed by atoms with Gasteiger partial charge in [-0.2, -0.15) is 11.8 Å². The van der Waals surface area contributed by atoms with Crippen molar-refractivity contribution in [3.63, 3.8) is 0 Å². The lowest BCUT2D eigenvalue weighted by molar-refractivity contribution is 0.0773. The molecule has 0 spiro atoms. The molecule has 0 saturated carbocycles. The Balaban J connectivity index is 4.21. The van der Waals surface area contributed by atoms with E-state index in [0.717, 1.165) is 11.1 Å². The molecule has 0 aromatic rings. The van der Waals surface area contributed by atoms with Gasteiger partial charge in [-0.25, -0.2) is 0 Å². The maximum absolute atomic E-state index is 5.69. The van der Waals surface area contributed by atoms with Crippen LogP contribution in [0.3, 0.4) is 0 Å². The van der Waals surface area contributed by atoms with Gasteiger partial charge in [-0.15, -0.1) is 0 Å². The van der Waals surface area contributed by atoms with Crippen LogP contribution in [-0.2, 0) is 13.3 Å². The van der Waals surface area contributed by atoms with Crippen LogP contribution in [-0.4, -0.2) is 39.8 Å². The Kier molecular flexibility index (Phi) is 9.01. The summed E-state index contributed by atoms with van der Waals surface area (Å²) in [7, 11) is -2.35. The molecule has 14 heavy (non-hydrogen) atoms. The van der Waals surface area contributed by atoms with Crippen LogP contribution >= 0.6 is 11.8 Å². The zero-order valence-electron chi connectivity index (χ0n) is 9.67. The fourth-order valence-electron chi connectivity index (χ4n) is 1.14. The summed E-state index contributed by atoms with van der Waals surface area (Å²) >= 11 is 1.82. The van der Waals surface area contributed by atoms with Crippen LogP contribution in [0.1, 0.15) is 27.7 Å². The highest BCUT2D eigenvalue weighted by Gasteiger charge is 2.39. The van der Waals surface area contributed by atoms with Gasteiger partial charge in [0.05, 0.1) is 5.38 Å². The van der Waals surface area contributed by atoms with E-state index < -0.39 is 8.80 Å². The van der Waals surface area contributed by atoms with E-state index in [1.807, 2.05) is 32.5 Å². The third kappa shape index (κ3) is 5.36. The molecule has 0 unspecified atom stereocenters. The molecule has 5 heteroatoms. The minimum Gasteiger partial charge on any atom is -0.373 e. The zero-order chi connectivity index (χ0) is 10.9. The number of rotatable bonds is 9. The molecular formula is C9H22O3SSi. The van der Waals surface area contributed by atoms with Gasteiger partial charge in [-0.1, -0.05) is 6.92 Å². The summed E-state index contributed by atoms with van der Waals surface area (Å²) in [4.78, 5) is 0. The van der Waals surface area contributed by atoms with E-state index in [2.05, 4.69) is 6.92 Å². The van der Waals surface area contributed by atoms with Gasteiger partial charge in [0.2, 0.25) is 0 Å². The van der Waals surface area contributed by atoms with Gasteiger partial charge in [-0.3, -0.25) is 0 Å². The highest BCUT2D eigenvalue weighted by atomic mass is 32.2. The van der Waals surface area contributed by atoms with Crippen molar-refractivity contribution < 1.29 is 13.3 Å². The molecule has 0 N–H and O–H groups in total. The maximum Gasteiger partial charge on any atom is 0.511 e. The van der Waals surface area contributed by atoms with Crippen LogP contribution in [0.4, 0.5) is 0 Å². The van der Waals surface area contributed by atoms with E-state index in [-0.39, 0.29) is 0 Å². The molecule has 3 nitrogen and oxygen atoms in total. The van der Waals surface area contributed by atoms with E-state index >= 15 is 0 Å². The average molecular weight is 238 g/mol. The summed E-state index contributed by atoms with van der Waals surface area (Å²) in [5.74, 6) is 1.07. The van der Waals surface area contributed by atoms with Crippen molar-refractivity contribution in [1.82, 2.24) is 0 Å². The fraction of sp³-hybridized carbons (Fsp3) is 1.00. The van der Waals surface area contributed by atoms with Crippen LogP contribution in [0, 0.1) is 0 Å². The van der Waals surface area contributed by atoms with Crippen molar-refractivity contribution in [3.8, 4) is 0 Å². The second-order valence-electron chi connectivity index (χ2n) is 2.62. The van der Waals surface area contributed by atoms with Crippen molar-refractivity contribution in [3.05, 3.63) is 0 Å². The molecule has 0 radical (unpaired) electrons. The van der Waals surface area contributed by atoms with Gasteiger partial charge in [0.15, 0.2) is 0 Å². The summed E-state index contributed by atoms with van der Waals surface area (Å²) in [5.41, 5.74) is 0. The lowest BCUT2D eigenvalue weighted by Crippen LogP contribution is -2.49. The molecule has 0 saturated heterocycles. The summed E-state index contributed by atoms with van der Waals surface area (Å²) in [6.07, 6.45) is 0. The first kappa shape index (κ1) is 14.4. The van der Waals surface area contributed by atoms with Crippen LogP contribution in [0.5, 0.6) is 0 Å². The maximum atomic E-state index is 5.69. The molecule has 0 aromatic heterocycles. The van der Waals surface area contributed by atoms with E-state index in [1.165, 1.54) is 0 Å². The van der Waals surface area contributed by atoms with Gasteiger partial charge in [0.1, 0.15) is 0 Å². The van der Waals surface area contributed by atoms with Crippen LogP contribution in [0.2, 0.25) is 0 Å². The van der Waals surface area contributed by atoms with Crippen LogP contribution < -0.4 is 0 Å². The van der Waals surface area contributed by atoms with Crippen molar-refractivity contribution >= 4 is 20.6 Å². The molecule has 0 aromatic carbocycles. The van der Waals surface area contributed by atoms with Gasteiger partial charge in [0, 0.05) is 19.8 Å². The predicted octanol–water partition coefficient (Wildman–Crippen LogP) is 2.33. The molecule has 0 bridgehead atoms. The van der Waals surface area contributed by atoms with Gasteiger partial charge in [0.25, 0.3) is 0 Å².